The van der Waals surface area contributed by atoms with Crippen LogP contribution in [0, 0.1) is 0 Å². The second kappa shape index (κ2) is 5.40. The predicted molar refractivity (Wildman–Crippen MR) is 75.8 cm³/mol. The van der Waals surface area contributed by atoms with Crippen LogP contribution in [0.2, 0.25) is 5.02 Å². The average Bonchev–Trinajstić information content (AvgIpc) is 2.88. The molecule has 0 unspecified atom stereocenters. The molecule has 0 aliphatic heterocycles. The van der Waals surface area contributed by atoms with Gasteiger partial charge in [-0.05, 0) is 12.1 Å². The molecule has 22 heavy (non-hydrogen) atoms. The van der Waals surface area contributed by atoms with Gasteiger partial charge in [0.1, 0.15) is 5.69 Å². The van der Waals surface area contributed by atoms with Gasteiger partial charge in [0.25, 0.3) is 5.78 Å². The minimum atomic E-state index is -4.55. The molecule has 0 aliphatic carbocycles. The molecule has 0 amide bonds. The van der Waals surface area contributed by atoms with Gasteiger partial charge < -0.3 is 0 Å². The molecule has 3 aromatic rings. The van der Waals surface area contributed by atoms with Gasteiger partial charge >= 0.3 is 6.18 Å². The minimum Gasteiger partial charge on any atom is -0.217 e. The van der Waals surface area contributed by atoms with E-state index in [4.69, 9.17) is 23.2 Å². The topological polar surface area (TPSA) is 43.1 Å². The molecule has 0 radical (unpaired) electrons. The van der Waals surface area contributed by atoms with Gasteiger partial charge in [-0.15, -0.1) is 11.6 Å². The summed E-state index contributed by atoms with van der Waals surface area (Å²) >= 11 is 11.3. The van der Waals surface area contributed by atoms with E-state index in [9.17, 15) is 13.2 Å². The second-order valence-corrected chi connectivity index (χ2v) is 5.15. The molecule has 0 fully saturated rings. The summed E-state index contributed by atoms with van der Waals surface area (Å²) in [7, 11) is 0. The minimum absolute atomic E-state index is 0.00262. The monoisotopic (exact) mass is 346 g/mol. The molecule has 4 nitrogen and oxygen atoms in total. The van der Waals surface area contributed by atoms with Crippen LogP contribution >= 0.6 is 23.2 Å². The number of hydrogen-bond donors (Lipinski definition) is 0. The van der Waals surface area contributed by atoms with Crippen molar-refractivity contribution < 1.29 is 13.2 Å². The van der Waals surface area contributed by atoms with Crippen molar-refractivity contribution in [2.24, 2.45) is 0 Å². The summed E-state index contributed by atoms with van der Waals surface area (Å²) in [5.41, 5.74) is -0.375. The van der Waals surface area contributed by atoms with Crippen molar-refractivity contribution >= 4 is 29.0 Å². The Kier molecular flexibility index (Phi) is 3.70. The molecular formula is C13H7Cl2F3N4. The Bertz CT molecular complexity index is 845. The van der Waals surface area contributed by atoms with Crippen molar-refractivity contribution in [2.75, 3.05) is 0 Å². The molecule has 0 aliphatic rings. The lowest BCUT2D eigenvalue weighted by atomic mass is 10.0. The smallest absolute Gasteiger partial charge is 0.217 e. The highest BCUT2D eigenvalue weighted by Gasteiger charge is 2.34. The lowest BCUT2D eigenvalue weighted by molar-refractivity contribution is -0.137. The zero-order valence-corrected chi connectivity index (χ0v) is 12.3. The summed E-state index contributed by atoms with van der Waals surface area (Å²) in [6.07, 6.45) is -1.80. The third-order valence-electron chi connectivity index (χ3n) is 2.94. The van der Waals surface area contributed by atoms with Gasteiger partial charge in [0.05, 0.1) is 29.5 Å². The standard InChI is InChI=1S/C13H7Cl2F3N4/c14-4-8-6-22-12(20-8)19-5-11(21-22)9-2-1-7(15)3-10(9)13(16,17)18/h1-3,5-6H,4H2. The largest absolute Gasteiger partial charge is 0.417 e. The zero-order valence-electron chi connectivity index (χ0n) is 10.8. The number of imidazole rings is 1. The lowest BCUT2D eigenvalue weighted by Gasteiger charge is -2.12. The lowest BCUT2D eigenvalue weighted by Crippen LogP contribution is -2.08. The van der Waals surface area contributed by atoms with Crippen molar-refractivity contribution in [3.8, 4) is 11.3 Å². The number of aromatic nitrogens is 4. The van der Waals surface area contributed by atoms with Crippen molar-refractivity contribution in [1.29, 1.82) is 0 Å². The molecule has 9 heteroatoms. The van der Waals surface area contributed by atoms with Gasteiger partial charge in [-0.1, -0.05) is 17.7 Å². The van der Waals surface area contributed by atoms with Crippen molar-refractivity contribution in [3.05, 3.63) is 46.9 Å². The van der Waals surface area contributed by atoms with Gasteiger partial charge in [-0.25, -0.2) is 14.5 Å². The molecule has 2 heterocycles. The van der Waals surface area contributed by atoms with Crippen LogP contribution in [0.25, 0.3) is 17.0 Å². The summed E-state index contributed by atoms with van der Waals surface area (Å²) in [5.74, 6) is 0.427. The van der Waals surface area contributed by atoms with Gasteiger partial charge in [-0.2, -0.15) is 18.3 Å². The number of nitrogens with zero attached hydrogens (tertiary/aromatic N) is 4. The molecule has 0 N–H and O–H groups in total. The van der Waals surface area contributed by atoms with Crippen molar-refractivity contribution in [3.63, 3.8) is 0 Å². The van der Waals surface area contributed by atoms with Crippen LogP contribution in [0.5, 0.6) is 0 Å². The SMILES string of the molecule is FC(F)(F)c1cc(Cl)ccc1-c1cnc2nc(CCl)cn2n1. The van der Waals surface area contributed by atoms with E-state index in [2.05, 4.69) is 15.1 Å². The summed E-state index contributed by atoms with van der Waals surface area (Å²) in [5, 5.41) is 4.11. The Morgan fingerprint density at radius 2 is 2.00 bits per heavy atom. The highest BCUT2D eigenvalue weighted by molar-refractivity contribution is 6.30. The quantitative estimate of drug-likeness (QED) is 0.653. The summed E-state index contributed by atoms with van der Waals surface area (Å²) in [6.45, 7) is 0. The summed E-state index contributed by atoms with van der Waals surface area (Å²) < 4.78 is 40.7. The first-order valence-corrected chi connectivity index (χ1v) is 6.94. The highest BCUT2D eigenvalue weighted by atomic mass is 35.5. The first-order chi connectivity index (χ1) is 10.4. The summed E-state index contributed by atoms with van der Waals surface area (Å²) in [4.78, 5) is 8.07. The number of halogens is 5. The van der Waals surface area contributed by atoms with Gasteiger partial charge in [0, 0.05) is 10.6 Å². The Balaban J connectivity index is 2.18. The van der Waals surface area contributed by atoms with E-state index in [0.717, 1.165) is 6.07 Å². The Morgan fingerprint density at radius 1 is 1.23 bits per heavy atom. The van der Waals surface area contributed by atoms with E-state index in [1.807, 2.05) is 0 Å². The van der Waals surface area contributed by atoms with E-state index in [1.54, 1.807) is 0 Å². The van der Waals surface area contributed by atoms with E-state index in [0.29, 0.717) is 5.69 Å². The van der Waals surface area contributed by atoms with Crippen LogP contribution in [-0.4, -0.2) is 19.6 Å². The Labute approximate surface area is 132 Å². The zero-order chi connectivity index (χ0) is 15.9. The molecule has 1 aromatic carbocycles. The van der Waals surface area contributed by atoms with Gasteiger partial charge in [0.2, 0.25) is 0 Å². The Hall–Kier alpha value is -1.86. The van der Waals surface area contributed by atoms with Crippen LogP contribution in [0.1, 0.15) is 11.3 Å². The molecule has 3 rings (SSSR count). The molecule has 0 saturated heterocycles. The van der Waals surface area contributed by atoms with Crippen LogP contribution in [0.15, 0.2) is 30.6 Å². The average molecular weight is 347 g/mol. The Morgan fingerprint density at radius 3 is 2.68 bits per heavy atom. The van der Waals surface area contributed by atoms with E-state index in [1.165, 1.54) is 29.0 Å². The van der Waals surface area contributed by atoms with Crippen LogP contribution < -0.4 is 0 Å². The van der Waals surface area contributed by atoms with Gasteiger partial charge in [0.15, 0.2) is 0 Å². The fourth-order valence-electron chi connectivity index (χ4n) is 1.99. The first kappa shape index (κ1) is 15.1. The molecular weight excluding hydrogens is 340 g/mol. The van der Waals surface area contributed by atoms with Crippen molar-refractivity contribution in [2.45, 2.75) is 12.1 Å². The maximum absolute atomic E-state index is 13.1. The number of benzene rings is 1. The first-order valence-electron chi connectivity index (χ1n) is 6.03. The predicted octanol–water partition coefficient (Wildman–Crippen LogP) is 4.20. The van der Waals surface area contributed by atoms with Crippen molar-refractivity contribution in [1.82, 2.24) is 19.6 Å². The van der Waals surface area contributed by atoms with Crippen LogP contribution in [0.3, 0.4) is 0 Å². The second-order valence-electron chi connectivity index (χ2n) is 4.44. The molecule has 2 aromatic heterocycles. The van der Waals surface area contributed by atoms with Crippen LogP contribution in [0.4, 0.5) is 13.2 Å². The third-order valence-corrected chi connectivity index (χ3v) is 3.45. The molecule has 0 saturated carbocycles. The third kappa shape index (κ3) is 2.74. The number of fused-ring (bicyclic) bond motifs is 1. The maximum Gasteiger partial charge on any atom is 0.417 e. The summed E-state index contributed by atoms with van der Waals surface area (Å²) in [6, 6.07) is 3.50. The molecule has 0 atom stereocenters. The van der Waals surface area contributed by atoms with Crippen LogP contribution in [-0.2, 0) is 12.1 Å². The fraction of sp³-hybridized carbons (Fsp3) is 0.154. The van der Waals surface area contributed by atoms with E-state index >= 15 is 0 Å². The number of hydrogen-bond acceptors (Lipinski definition) is 3. The van der Waals surface area contributed by atoms with Gasteiger partial charge in [-0.3, -0.25) is 0 Å². The molecule has 0 spiro atoms. The maximum atomic E-state index is 13.1. The molecule has 114 valence electrons. The highest BCUT2D eigenvalue weighted by Crippen LogP contribution is 2.37. The number of alkyl halides is 4. The normalized spacial score (nSPS) is 12.0. The van der Waals surface area contributed by atoms with E-state index < -0.39 is 11.7 Å². The molecule has 0 bridgehead atoms. The number of rotatable bonds is 2. The van der Waals surface area contributed by atoms with E-state index in [-0.39, 0.29) is 27.9 Å². The fourth-order valence-corrected chi connectivity index (χ4v) is 2.29.